The van der Waals surface area contributed by atoms with Gasteiger partial charge < -0.3 is 28.4 Å². The lowest BCUT2D eigenvalue weighted by atomic mass is 9.88. The summed E-state index contributed by atoms with van der Waals surface area (Å²) >= 11 is 0. The minimum Gasteiger partial charge on any atom is -0.496 e. The highest BCUT2D eigenvalue weighted by Gasteiger charge is 2.34. The van der Waals surface area contributed by atoms with Crippen LogP contribution in [0.4, 0.5) is 0 Å². The van der Waals surface area contributed by atoms with Crippen molar-refractivity contribution in [2.24, 2.45) is 0 Å². The molecule has 2 aromatic rings. The molecular formula is C20H22O7. The topological polar surface area (TPSA) is 72.5 Å². The van der Waals surface area contributed by atoms with Gasteiger partial charge in [-0.05, 0) is 12.1 Å². The van der Waals surface area contributed by atoms with Crippen LogP contribution >= 0.6 is 0 Å². The van der Waals surface area contributed by atoms with E-state index in [1.54, 1.807) is 45.6 Å². The van der Waals surface area contributed by atoms with E-state index in [-0.39, 0.29) is 12.4 Å². The summed E-state index contributed by atoms with van der Waals surface area (Å²) in [5, 5.41) is 0. The van der Waals surface area contributed by atoms with Crippen LogP contribution in [0.15, 0.2) is 24.3 Å². The number of ketones is 1. The lowest BCUT2D eigenvalue weighted by Crippen LogP contribution is -2.26. The summed E-state index contributed by atoms with van der Waals surface area (Å²) in [6.07, 6.45) is 0. The molecule has 1 aliphatic heterocycles. The van der Waals surface area contributed by atoms with Crippen LogP contribution < -0.4 is 28.4 Å². The average molecular weight is 374 g/mol. The lowest BCUT2D eigenvalue weighted by Gasteiger charge is -2.27. The smallest absolute Gasteiger partial charge is 0.177 e. The zero-order valence-electron chi connectivity index (χ0n) is 16.0. The van der Waals surface area contributed by atoms with Gasteiger partial charge >= 0.3 is 0 Å². The molecule has 7 heteroatoms. The fourth-order valence-electron chi connectivity index (χ4n) is 3.16. The van der Waals surface area contributed by atoms with Crippen LogP contribution in [0.3, 0.4) is 0 Å². The predicted molar refractivity (Wildman–Crippen MR) is 98.2 cm³/mol. The maximum atomic E-state index is 13.2. The van der Waals surface area contributed by atoms with Crippen LogP contribution in [-0.4, -0.2) is 47.9 Å². The quantitative estimate of drug-likeness (QED) is 0.769. The molecule has 0 radical (unpaired) electrons. The van der Waals surface area contributed by atoms with E-state index in [1.807, 2.05) is 0 Å². The Morgan fingerprint density at radius 3 is 1.85 bits per heavy atom. The molecular weight excluding hydrogens is 352 g/mol. The average Bonchev–Trinajstić information content (AvgIpc) is 2.72. The van der Waals surface area contributed by atoms with E-state index < -0.39 is 5.92 Å². The standard InChI is InChI=1S/C20H22O7/c1-22-14-8-18(25-4)16(23-2)6-11(14)13-10-27-15-9-19(26-5)17(24-3)7-12(15)20(13)21/h6-9,13H,10H2,1-5H3. The first-order chi connectivity index (χ1) is 13.1. The van der Waals surface area contributed by atoms with Crippen LogP contribution in [0.5, 0.6) is 34.5 Å². The van der Waals surface area contributed by atoms with Crippen LogP contribution in [0, 0.1) is 0 Å². The third-order valence-corrected chi connectivity index (χ3v) is 4.58. The van der Waals surface area contributed by atoms with Crippen molar-refractivity contribution in [2.45, 2.75) is 5.92 Å². The molecule has 0 N–H and O–H groups in total. The van der Waals surface area contributed by atoms with Crippen molar-refractivity contribution in [3.8, 4) is 34.5 Å². The monoisotopic (exact) mass is 374 g/mol. The Morgan fingerprint density at radius 1 is 0.741 bits per heavy atom. The van der Waals surface area contributed by atoms with E-state index in [0.29, 0.717) is 45.6 Å². The van der Waals surface area contributed by atoms with Crippen molar-refractivity contribution < 1.29 is 33.2 Å². The highest BCUT2D eigenvalue weighted by molar-refractivity contribution is 6.05. The van der Waals surface area contributed by atoms with E-state index in [4.69, 9.17) is 28.4 Å². The van der Waals surface area contributed by atoms with Gasteiger partial charge in [0.05, 0.1) is 47.0 Å². The number of fused-ring (bicyclic) bond motifs is 1. The molecule has 1 heterocycles. The Hall–Kier alpha value is -3.09. The molecule has 1 aliphatic rings. The molecule has 0 fully saturated rings. The molecule has 7 nitrogen and oxygen atoms in total. The van der Waals surface area contributed by atoms with Gasteiger partial charge in [0.15, 0.2) is 28.8 Å². The minimum atomic E-state index is -0.551. The predicted octanol–water partition coefficient (Wildman–Crippen LogP) is 3.09. The molecule has 0 aromatic heterocycles. The lowest BCUT2D eigenvalue weighted by molar-refractivity contribution is 0.0893. The number of Topliss-reactive ketones (excluding diaryl/α,β-unsaturated/α-hetero) is 1. The zero-order valence-corrected chi connectivity index (χ0v) is 16.0. The molecule has 0 bridgehead atoms. The number of carbonyl (C=O) groups excluding carboxylic acids is 1. The normalized spacial score (nSPS) is 15.4. The van der Waals surface area contributed by atoms with Gasteiger partial charge in [-0.15, -0.1) is 0 Å². The summed E-state index contributed by atoms with van der Waals surface area (Å²) in [4.78, 5) is 13.2. The number of methoxy groups -OCH3 is 5. The summed E-state index contributed by atoms with van der Waals surface area (Å²) in [6, 6.07) is 6.74. The second-order valence-corrected chi connectivity index (χ2v) is 5.88. The third-order valence-electron chi connectivity index (χ3n) is 4.58. The molecule has 0 saturated carbocycles. The summed E-state index contributed by atoms with van der Waals surface area (Å²) in [5.74, 6) is 2.35. The Morgan fingerprint density at radius 2 is 1.26 bits per heavy atom. The second-order valence-electron chi connectivity index (χ2n) is 5.88. The van der Waals surface area contributed by atoms with E-state index in [2.05, 4.69) is 0 Å². The molecule has 144 valence electrons. The van der Waals surface area contributed by atoms with Gasteiger partial charge in [-0.2, -0.15) is 0 Å². The van der Waals surface area contributed by atoms with Crippen molar-refractivity contribution in [3.05, 3.63) is 35.4 Å². The summed E-state index contributed by atoms with van der Waals surface area (Å²) < 4.78 is 32.6. The number of hydrogen-bond acceptors (Lipinski definition) is 7. The fraction of sp³-hybridized carbons (Fsp3) is 0.350. The van der Waals surface area contributed by atoms with E-state index >= 15 is 0 Å². The SMILES string of the molecule is COc1cc2c(cc1OC)C(=O)C(c1cc(OC)c(OC)cc1OC)CO2. The van der Waals surface area contributed by atoms with Gasteiger partial charge in [-0.25, -0.2) is 0 Å². The van der Waals surface area contributed by atoms with Crippen molar-refractivity contribution in [1.82, 2.24) is 0 Å². The molecule has 0 amide bonds. The van der Waals surface area contributed by atoms with E-state index in [1.165, 1.54) is 14.2 Å². The Balaban J connectivity index is 2.07. The number of ether oxygens (including phenoxy) is 6. The van der Waals surface area contributed by atoms with Crippen LogP contribution in [0.25, 0.3) is 0 Å². The van der Waals surface area contributed by atoms with E-state index in [0.717, 1.165) is 0 Å². The van der Waals surface area contributed by atoms with Gasteiger partial charge in [0.2, 0.25) is 0 Å². The summed E-state index contributed by atoms with van der Waals surface area (Å²) in [5.41, 5.74) is 1.10. The van der Waals surface area contributed by atoms with Gasteiger partial charge in [-0.1, -0.05) is 0 Å². The van der Waals surface area contributed by atoms with Crippen molar-refractivity contribution in [2.75, 3.05) is 42.2 Å². The molecule has 0 aliphatic carbocycles. The largest absolute Gasteiger partial charge is 0.496 e. The van der Waals surface area contributed by atoms with Crippen LogP contribution in [0.1, 0.15) is 21.8 Å². The van der Waals surface area contributed by atoms with Crippen molar-refractivity contribution in [3.63, 3.8) is 0 Å². The molecule has 1 atom stereocenters. The van der Waals surface area contributed by atoms with Gasteiger partial charge in [-0.3, -0.25) is 4.79 Å². The first-order valence-corrected chi connectivity index (χ1v) is 8.30. The number of carbonyl (C=O) groups is 1. The van der Waals surface area contributed by atoms with Crippen molar-refractivity contribution >= 4 is 5.78 Å². The Labute approximate surface area is 157 Å². The van der Waals surface area contributed by atoms with Gasteiger partial charge in [0.1, 0.15) is 18.1 Å². The molecule has 1 unspecified atom stereocenters. The second kappa shape index (κ2) is 7.65. The van der Waals surface area contributed by atoms with E-state index in [9.17, 15) is 4.79 Å². The first-order valence-electron chi connectivity index (χ1n) is 8.30. The number of benzene rings is 2. The highest BCUT2D eigenvalue weighted by Crippen LogP contribution is 2.44. The maximum Gasteiger partial charge on any atom is 0.177 e. The maximum absolute atomic E-state index is 13.2. The summed E-state index contributed by atoms with van der Waals surface area (Å²) in [7, 11) is 7.68. The zero-order chi connectivity index (χ0) is 19.6. The molecule has 0 saturated heterocycles. The fourth-order valence-corrected chi connectivity index (χ4v) is 3.16. The third kappa shape index (κ3) is 3.20. The molecule has 2 aromatic carbocycles. The minimum absolute atomic E-state index is 0.0947. The van der Waals surface area contributed by atoms with Gasteiger partial charge in [0, 0.05) is 17.7 Å². The van der Waals surface area contributed by atoms with Crippen molar-refractivity contribution in [1.29, 1.82) is 0 Å². The Kier molecular flexibility index (Phi) is 5.30. The molecule has 3 rings (SSSR count). The molecule has 0 spiro atoms. The van der Waals surface area contributed by atoms with Crippen LogP contribution in [-0.2, 0) is 0 Å². The number of hydrogen-bond donors (Lipinski definition) is 0. The van der Waals surface area contributed by atoms with Gasteiger partial charge in [0.25, 0.3) is 0 Å². The Bertz CT molecular complexity index is 860. The first kappa shape index (κ1) is 18.7. The summed E-state index contributed by atoms with van der Waals surface area (Å²) in [6.45, 7) is 0.174. The number of rotatable bonds is 6. The molecule has 27 heavy (non-hydrogen) atoms. The highest BCUT2D eigenvalue weighted by atomic mass is 16.5. The van der Waals surface area contributed by atoms with Crippen LogP contribution in [0.2, 0.25) is 0 Å².